The molecule has 0 aromatic rings. The van der Waals surface area contributed by atoms with Gasteiger partial charge in [-0.15, -0.1) is 0 Å². The van der Waals surface area contributed by atoms with E-state index in [-0.39, 0.29) is 12.8 Å². The van der Waals surface area contributed by atoms with Crippen LogP contribution >= 0.6 is 0 Å². The van der Waals surface area contributed by atoms with Crippen molar-refractivity contribution in [1.82, 2.24) is 0 Å². The number of cyclic esters (lactones) is 1. The predicted molar refractivity (Wildman–Crippen MR) is 67.9 cm³/mol. The Labute approximate surface area is 106 Å². The molecule has 0 fully saturated rings. The lowest BCUT2D eigenvalue weighted by Gasteiger charge is -2.21. The van der Waals surface area contributed by atoms with Crippen molar-refractivity contribution in [3.05, 3.63) is 48.1 Å². The molecule has 4 nitrogen and oxygen atoms in total. The van der Waals surface area contributed by atoms with Crippen molar-refractivity contribution < 1.29 is 19.4 Å². The largest absolute Gasteiger partial charge is 0.481 e. The maximum absolute atomic E-state index is 11.6. The summed E-state index contributed by atoms with van der Waals surface area (Å²) in [6.07, 6.45) is 8.40. The van der Waals surface area contributed by atoms with Crippen molar-refractivity contribution in [2.45, 2.75) is 25.9 Å². The summed E-state index contributed by atoms with van der Waals surface area (Å²) < 4.78 is 5.17. The SMILES string of the molecule is C=[13C]1C=[13C](C[13CH2]C(=O)O)C(=O)OC1/[13CH]=C/[13CH]=C/[13CH3]. The molecular formula is C14H16O4. The minimum Gasteiger partial charge on any atom is -0.481 e. The molecule has 0 amide bonds. The fourth-order valence-corrected chi connectivity index (χ4v) is 1.49. The number of hydrogen-bond acceptors (Lipinski definition) is 3. The van der Waals surface area contributed by atoms with E-state index in [0.717, 1.165) is 0 Å². The van der Waals surface area contributed by atoms with Crippen molar-refractivity contribution in [2.75, 3.05) is 0 Å². The van der Waals surface area contributed by atoms with E-state index >= 15 is 0 Å². The first kappa shape index (κ1) is 14.0. The first-order valence-electron chi connectivity index (χ1n) is 5.66. The molecular weight excluding hydrogens is 238 g/mol. The van der Waals surface area contributed by atoms with Crippen LogP contribution in [0.2, 0.25) is 0 Å². The summed E-state index contributed by atoms with van der Waals surface area (Å²) in [4.78, 5) is 22.1. The van der Waals surface area contributed by atoms with E-state index in [2.05, 4.69) is 6.58 Å². The first-order chi connectivity index (χ1) is 8.54. The van der Waals surface area contributed by atoms with Crippen molar-refractivity contribution in [1.29, 1.82) is 0 Å². The van der Waals surface area contributed by atoms with E-state index in [9.17, 15) is 9.59 Å². The number of rotatable bonds is 5. The van der Waals surface area contributed by atoms with E-state index < -0.39 is 18.0 Å². The van der Waals surface area contributed by atoms with Gasteiger partial charge in [-0.05, 0) is 31.1 Å². The third kappa shape index (κ3) is 4.05. The van der Waals surface area contributed by atoms with E-state index in [0.29, 0.717) is 11.1 Å². The van der Waals surface area contributed by atoms with Crippen LogP contribution in [0, 0.1) is 0 Å². The van der Waals surface area contributed by atoms with Gasteiger partial charge in [0.05, 0.1) is 0 Å². The van der Waals surface area contributed by atoms with Gasteiger partial charge in [0.1, 0.15) is 6.10 Å². The van der Waals surface area contributed by atoms with Crippen LogP contribution in [0.15, 0.2) is 48.1 Å². The zero-order chi connectivity index (χ0) is 13.5. The molecule has 1 N–H and O–H groups in total. The maximum atomic E-state index is 11.6. The van der Waals surface area contributed by atoms with Gasteiger partial charge in [0.25, 0.3) is 0 Å². The molecule has 0 saturated carbocycles. The number of carbonyl (C=O) groups is 2. The fourth-order valence-electron chi connectivity index (χ4n) is 1.49. The average molecular weight is 254 g/mol. The molecule has 0 saturated heterocycles. The van der Waals surface area contributed by atoms with Crippen LogP contribution in [-0.4, -0.2) is 23.1 Å². The quantitative estimate of drug-likeness (QED) is 0.465. The minimum absolute atomic E-state index is 0.0900. The standard InChI is InChI=1S/C14H16O4/c1-3-4-5-6-12-10(2)9-11(14(17)18-12)7-8-13(15)16/h3-6,9,12H,2,7-8H2,1H3,(H,15,16)/b4-3+,6-5+/i1+1,4+1,6+1,8+1,10+1,11+1. The summed E-state index contributed by atoms with van der Waals surface area (Å²) in [5, 5.41) is 8.57. The van der Waals surface area contributed by atoms with Crippen molar-refractivity contribution in [3.63, 3.8) is 0 Å². The topological polar surface area (TPSA) is 63.6 Å². The third-order valence-corrected chi connectivity index (χ3v) is 2.42. The highest BCUT2D eigenvalue weighted by atomic mass is 16.6. The number of esters is 1. The molecule has 1 aliphatic rings. The van der Waals surface area contributed by atoms with E-state index in [1.807, 2.05) is 19.1 Å². The van der Waals surface area contributed by atoms with Crippen LogP contribution in [0.4, 0.5) is 0 Å². The normalized spacial score (nSPS) is 20.3. The number of aliphatic carboxylic acids is 1. The molecule has 1 aliphatic heterocycles. The van der Waals surface area contributed by atoms with Crippen LogP contribution in [0.5, 0.6) is 0 Å². The lowest BCUT2D eigenvalue weighted by molar-refractivity contribution is -0.141. The van der Waals surface area contributed by atoms with Gasteiger partial charge in [-0.25, -0.2) is 4.79 Å². The Morgan fingerprint density at radius 3 is 2.89 bits per heavy atom. The van der Waals surface area contributed by atoms with Crippen LogP contribution < -0.4 is 0 Å². The molecule has 0 radical (unpaired) electrons. The monoisotopic (exact) mass is 254 g/mol. The molecule has 1 heterocycles. The van der Waals surface area contributed by atoms with Gasteiger partial charge in [0, 0.05) is 12.0 Å². The maximum Gasteiger partial charge on any atom is 0.334 e. The zero-order valence-corrected chi connectivity index (χ0v) is 10.3. The molecule has 0 aromatic heterocycles. The van der Waals surface area contributed by atoms with Crippen molar-refractivity contribution in [2.24, 2.45) is 0 Å². The number of carbonyl (C=O) groups excluding carboxylic acids is 1. The second-order valence-corrected chi connectivity index (χ2v) is 3.87. The summed E-state index contributed by atoms with van der Waals surface area (Å²) in [5.41, 5.74) is 1.01. The van der Waals surface area contributed by atoms with E-state index in [4.69, 9.17) is 9.84 Å². The van der Waals surface area contributed by atoms with Gasteiger partial charge >= 0.3 is 11.9 Å². The number of carboxylic acids is 1. The van der Waals surface area contributed by atoms with Gasteiger partial charge < -0.3 is 9.84 Å². The smallest absolute Gasteiger partial charge is 0.334 e. The molecule has 1 unspecified atom stereocenters. The Kier molecular flexibility index (Phi) is 5.11. The Hall–Kier alpha value is -2.10. The van der Waals surface area contributed by atoms with Gasteiger partial charge in [0.15, 0.2) is 0 Å². The molecule has 0 aliphatic carbocycles. The van der Waals surface area contributed by atoms with Crippen LogP contribution in [0.3, 0.4) is 0 Å². The lowest BCUT2D eigenvalue weighted by atomic mass is 10.4. The second kappa shape index (κ2) is 6.59. The lowest BCUT2D eigenvalue weighted by Crippen LogP contribution is -2.24. The van der Waals surface area contributed by atoms with Gasteiger partial charge in [-0.1, -0.05) is 24.8 Å². The van der Waals surface area contributed by atoms with Crippen LogP contribution in [0.1, 0.15) is 19.8 Å². The Balaban J connectivity index is 2.71. The summed E-state index contributed by atoms with van der Waals surface area (Å²) in [7, 11) is 0. The summed E-state index contributed by atoms with van der Waals surface area (Å²) >= 11 is 0. The summed E-state index contributed by atoms with van der Waals surface area (Å²) in [6, 6.07) is 0. The molecule has 0 spiro atoms. The molecule has 1 rings (SSSR count). The van der Waals surface area contributed by atoms with Gasteiger partial charge in [-0.3, -0.25) is 4.79 Å². The van der Waals surface area contributed by atoms with Crippen LogP contribution in [-0.2, 0) is 14.3 Å². The molecule has 96 valence electrons. The number of carboxylic acid groups (broad SMARTS) is 1. The van der Waals surface area contributed by atoms with Crippen molar-refractivity contribution >= 4 is 11.9 Å². The molecule has 0 bridgehead atoms. The fraction of sp³-hybridized carbons (Fsp3) is 0.286. The third-order valence-electron chi connectivity index (χ3n) is 2.42. The molecule has 0 aromatic carbocycles. The summed E-state index contributed by atoms with van der Waals surface area (Å²) in [5.74, 6) is -1.41. The molecule has 1 atom stereocenters. The summed E-state index contributed by atoms with van der Waals surface area (Å²) in [6.45, 7) is 5.69. The number of allylic oxidation sites excluding steroid dienone is 3. The highest BCUT2D eigenvalue weighted by molar-refractivity contribution is 5.91. The highest BCUT2D eigenvalue weighted by Crippen LogP contribution is 2.22. The Morgan fingerprint density at radius 2 is 2.28 bits per heavy atom. The first-order valence-corrected chi connectivity index (χ1v) is 5.66. The second-order valence-electron chi connectivity index (χ2n) is 3.87. The van der Waals surface area contributed by atoms with E-state index in [1.165, 1.54) is 0 Å². The van der Waals surface area contributed by atoms with Crippen LogP contribution in [0.25, 0.3) is 0 Å². The van der Waals surface area contributed by atoms with Gasteiger partial charge in [-0.2, -0.15) is 0 Å². The molecule has 4 heteroatoms. The Bertz CT molecular complexity index is 441. The minimum atomic E-state index is -0.940. The highest BCUT2D eigenvalue weighted by Gasteiger charge is 2.23. The van der Waals surface area contributed by atoms with Crippen molar-refractivity contribution in [3.8, 4) is 0 Å². The predicted octanol–water partition coefficient (Wildman–Crippen LogP) is 2.39. The average Bonchev–Trinajstić information content (AvgIpc) is 2.31. The van der Waals surface area contributed by atoms with E-state index in [1.54, 1.807) is 18.2 Å². The number of ether oxygens (including phenoxy) is 1. The number of hydrogen-bond donors (Lipinski definition) is 1. The molecule has 18 heavy (non-hydrogen) atoms. The van der Waals surface area contributed by atoms with Gasteiger partial charge in [0.2, 0.25) is 0 Å². The zero-order valence-electron chi connectivity index (χ0n) is 10.3. The Morgan fingerprint density at radius 1 is 1.56 bits per heavy atom.